The van der Waals surface area contributed by atoms with Crippen molar-refractivity contribution in [3.05, 3.63) is 53.6 Å². The second-order valence-corrected chi connectivity index (χ2v) is 4.03. The van der Waals surface area contributed by atoms with Crippen molar-refractivity contribution < 1.29 is 14.6 Å². The minimum atomic E-state index is -1.11. The number of ether oxygens (including phenoxy) is 1. The van der Waals surface area contributed by atoms with E-state index >= 15 is 0 Å². The smallest absolute Gasteiger partial charge is 0.373 e. The standard InChI is InChI=1S/C14H14N2O3/c1-19-12-4-2-3-10(9-12)5-6-11-7-8-15-13(16-11)14(17)18/h2-4,7-9H,5-6H2,1H3,(H,17,18). The van der Waals surface area contributed by atoms with E-state index < -0.39 is 5.97 Å². The number of carboxylic acid groups (broad SMARTS) is 1. The van der Waals surface area contributed by atoms with Crippen LogP contribution in [0.3, 0.4) is 0 Å². The Morgan fingerprint density at radius 1 is 1.32 bits per heavy atom. The normalized spacial score (nSPS) is 10.2. The Balaban J connectivity index is 2.05. The Morgan fingerprint density at radius 2 is 2.16 bits per heavy atom. The SMILES string of the molecule is COc1cccc(CCc2ccnc(C(=O)O)n2)c1. The first-order chi connectivity index (χ1) is 9.19. The van der Waals surface area contributed by atoms with Crippen LogP contribution in [0.5, 0.6) is 5.75 Å². The van der Waals surface area contributed by atoms with E-state index in [9.17, 15) is 4.79 Å². The minimum Gasteiger partial charge on any atom is -0.497 e. The zero-order chi connectivity index (χ0) is 13.7. The molecule has 0 unspecified atom stereocenters. The van der Waals surface area contributed by atoms with Crippen molar-refractivity contribution >= 4 is 5.97 Å². The first kappa shape index (κ1) is 13.0. The summed E-state index contributed by atoms with van der Waals surface area (Å²) in [5, 5.41) is 8.82. The number of methoxy groups -OCH3 is 1. The highest BCUT2D eigenvalue weighted by atomic mass is 16.5. The zero-order valence-electron chi connectivity index (χ0n) is 10.5. The summed E-state index contributed by atoms with van der Waals surface area (Å²) in [5.74, 6) is -0.460. The van der Waals surface area contributed by atoms with Crippen LogP contribution in [0.15, 0.2) is 36.5 Å². The van der Waals surface area contributed by atoms with E-state index in [1.807, 2.05) is 24.3 Å². The van der Waals surface area contributed by atoms with Crippen LogP contribution in [-0.2, 0) is 12.8 Å². The first-order valence-corrected chi connectivity index (χ1v) is 5.87. The largest absolute Gasteiger partial charge is 0.497 e. The fourth-order valence-electron chi connectivity index (χ4n) is 1.74. The molecule has 1 aromatic carbocycles. The summed E-state index contributed by atoms with van der Waals surface area (Å²) in [6, 6.07) is 9.50. The third-order valence-electron chi connectivity index (χ3n) is 2.71. The Morgan fingerprint density at radius 3 is 2.89 bits per heavy atom. The molecule has 5 heteroatoms. The predicted octanol–water partition coefficient (Wildman–Crippen LogP) is 1.97. The number of rotatable bonds is 5. The van der Waals surface area contributed by atoms with Crippen LogP contribution < -0.4 is 4.74 Å². The number of nitrogens with zero attached hydrogens (tertiary/aromatic N) is 2. The Labute approximate surface area is 110 Å². The maximum Gasteiger partial charge on any atom is 0.373 e. The van der Waals surface area contributed by atoms with Crippen molar-refractivity contribution in [2.45, 2.75) is 12.8 Å². The highest BCUT2D eigenvalue weighted by Crippen LogP contribution is 2.14. The van der Waals surface area contributed by atoms with Gasteiger partial charge < -0.3 is 9.84 Å². The van der Waals surface area contributed by atoms with Crippen molar-refractivity contribution in [3.63, 3.8) is 0 Å². The summed E-state index contributed by atoms with van der Waals surface area (Å²) in [6.45, 7) is 0. The number of aryl methyl sites for hydroxylation is 2. The first-order valence-electron chi connectivity index (χ1n) is 5.87. The Bertz CT molecular complexity index is 584. The monoisotopic (exact) mass is 258 g/mol. The molecule has 0 aliphatic heterocycles. The van der Waals surface area contributed by atoms with Crippen molar-refractivity contribution in [1.29, 1.82) is 0 Å². The number of hydrogen-bond donors (Lipinski definition) is 1. The van der Waals surface area contributed by atoms with Gasteiger partial charge in [0.25, 0.3) is 0 Å². The fraction of sp³-hybridized carbons (Fsp3) is 0.214. The molecule has 0 amide bonds. The van der Waals surface area contributed by atoms with Crippen LogP contribution >= 0.6 is 0 Å². The predicted molar refractivity (Wildman–Crippen MR) is 69.4 cm³/mol. The quantitative estimate of drug-likeness (QED) is 0.887. The lowest BCUT2D eigenvalue weighted by atomic mass is 10.1. The third-order valence-corrected chi connectivity index (χ3v) is 2.71. The van der Waals surface area contributed by atoms with Gasteiger partial charge in [-0.3, -0.25) is 0 Å². The summed E-state index contributed by atoms with van der Waals surface area (Å²) in [4.78, 5) is 18.4. The molecule has 0 spiro atoms. The van der Waals surface area contributed by atoms with E-state index in [0.717, 1.165) is 23.4 Å². The molecule has 0 fully saturated rings. The minimum absolute atomic E-state index is 0.164. The van der Waals surface area contributed by atoms with E-state index in [2.05, 4.69) is 9.97 Å². The molecule has 2 rings (SSSR count). The highest BCUT2D eigenvalue weighted by Gasteiger charge is 2.07. The molecule has 0 saturated carbocycles. The maximum atomic E-state index is 10.8. The number of carbonyl (C=O) groups is 1. The van der Waals surface area contributed by atoms with E-state index in [0.29, 0.717) is 6.42 Å². The number of aromatic carboxylic acids is 1. The average Bonchev–Trinajstić information content (AvgIpc) is 2.45. The molecule has 0 saturated heterocycles. The molecule has 19 heavy (non-hydrogen) atoms. The number of hydrogen-bond acceptors (Lipinski definition) is 4. The Hall–Kier alpha value is -2.43. The van der Waals surface area contributed by atoms with Crippen LogP contribution in [0.25, 0.3) is 0 Å². The molecular weight excluding hydrogens is 244 g/mol. The van der Waals surface area contributed by atoms with Gasteiger partial charge in [-0.2, -0.15) is 0 Å². The highest BCUT2D eigenvalue weighted by molar-refractivity contribution is 5.82. The molecule has 1 aromatic heterocycles. The summed E-state index contributed by atoms with van der Waals surface area (Å²) in [7, 11) is 1.63. The Kier molecular flexibility index (Phi) is 4.07. The maximum absolute atomic E-state index is 10.8. The van der Waals surface area contributed by atoms with Crippen molar-refractivity contribution in [1.82, 2.24) is 9.97 Å². The van der Waals surface area contributed by atoms with Gasteiger partial charge >= 0.3 is 5.97 Å². The molecule has 1 heterocycles. The van der Waals surface area contributed by atoms with Crippen LogP contribution in [0.2, 0.25) is 0 Å². The molecule has 1 N–H and O–H groups in total. The summed E-state index contributed by atoms with van der Waals surface area (Å²) in [5.41, 5.74) is 1.84. The van der Waals surface area contributed by atoms with E-state index in [1.54, 1.807) is 13.2 Å². The van der Waals surface area contributed by atoms with Gasteiger partial charge in [0, 0.05) is 11.9 Å². The molecule has 0 bridgehead atoms. The van der Waals surface area contributed by atoms with Crippen molar-refractivity contribution in [3.8, 4) is 5.75 Å². The molecule has 0 atom stereocenters. The van der Waals surface area contributed by atoms with Crippen LogP contribution in [0.4, 0.5) is 0 Å². The molecular formula is C14H14N2O3. The lowest BCUT2D eigenvalue weighted by Crippen LogP contribution is -2.06. The third kappa shape index (κ3) is 3.51. The summed E-state index contributed by atoms with van der Waals surface area (Å²) in [6.07, 6.45) is 2.90. The van der Waals surface area contributed by atoms with Gasteiger partial charge in [0.1, 0.15) is 5.75 Å². The summed E-state index contributed by atoms with van der Waals surface area (Å²) >= 11 is 0. The molecule has 0 aliphatic carbocycles. The van der Waals surface area contributed by atoms with Gasteiger partial charge in [0.05, 0.1) is 7.11 Å². The second-order valence-electron chi connectivity index (χ2n) is 4.03. The summed E-state index contributed by atoms with van der Waals surface area (Å²) < 4.78 is 5.15. The van der Waals surface area contributed by atoms with Gasteiger partial charge in [-0.1, -0.05) is 12.1 Å². The lowest BCUT2D eigenvalue weighted by molar-refractivity contribution is 0.0683. The zero-order valence-corrected chi connectivity index (χ0v) is 10.5. The van der Waals surface area contributed by atoms with Gasteiger partial charge in [-0.05, 0) is 36.6 Å². The fourth-order valence-corrected chi connectivity index (χ4v) is 1.74. The van der Waals surface area contributed by atoms with Gasteiger partial charge in [-0.25, -0.2) is 14.8 Å². The molecule has 2 aromatic rings. The van der Waals surface area contributed by atoms with Crippen LogP contribution in [-0.4, -0.2) is 28.2 Å². The average molecular weight is 258 g/mol. The van der Waals surface area contributed by atoms with Crippen LogP contribution in [0, 0.1) is 0 Å². The van der Waals surface area contributed by atoms with E-state index in [1.165, 1.54) is 6.20 Å². The molecule has 0 radical (unpaired) electrons. The number of aromatic nitrogens is 2. The van der Waals surface area contributed by atoms with E-state index in [-0.39, 0.29) is 5.82 Å². The van der Waals surface area contributed by atoms with Gasteiger partial charge in [0.2, 0.25) is 5.82 Å². The topological polar surface area (TPSA) is 72.3 Å². The van der Waals surface area contributed by atoms with Crippen molar-refractivity contribution in [2.75, 3.05) is 7.11 Å². The number of benzene rings is 1. The van der Waals surface area contributed by atoms with E-state index in [4.69, 9.17) is 9.84 Å². The van der Waals surface area contributed by atoms with Gasteiger partial charge in [-0.15, -0.1) is 0 Å². The van der Waals surface area contributed by atoms with Gasteiger partial charge in [0.15, 0.2) is 0 Å². The molecule has 5 nitrogen and oxygen atoms in total. The molecule has 98 valence electrons. The second kappa shape index (κ2) is 5.95. The van der Waals surface area contributed by atoms with Crippen LogP contribution in [0.1, 0.15) is 21.9 Å². The number of carboxylic acids is 1. The molecule has 0 aliphatic rings. The lowest BCUT2D eigenvalue weighted by Gasteiger charge is -2.04. The van der Waals surface area contributed by atoms with Crippen molar-refractivity contribution in [2.24, 2.45) is 0 Å².